The van der Waals surface area contributed by atoms with Gasteiger partial charge in [0.05, 0.1) is 33.0 Å². The molecule has 9 heteroatoms. The first kappa shape index (κ1) is 28.8. The van der Waals surface area contributed by atoms with E-state index < -0.39 is 19.8 Å². The van der Waals surface area contributed by atoms with Crippen LogP contribution in [0.5, 0.6) is 0 Å². The monoisotopic (exact) mass is 482 g/mol. The van der Waals surface area contributed by atoms with Crippen LogP contribution in [-0.4, -0.2) is 38.4 Å². The molecule has 0 aromatic heterocycles. The number of phosphoric acid groups is 1. The summed E-state index contributed by atoms with van der Waals surface area (Å²) in [6, 6.07) is 7.60. The molecule has 0 N–H and O–H groups in total. The summed E-state index contributed by atoms with van der Waals surface area (Å²) < 4.78 is 39.7. The first-order valence-corrected chi connectivity index (χ1v) is 12.3. The largest absolute Gasteiger partial charge is 0.475 e. The number of rotatable bonds is 17. The normalized spacial score (nSPS) is 11.1. The van der Waals surface area contributed by atoms with Crippen molar-refractivity contribution in [2.45, 2.75) is 53.1 Å². The fourth-order valence-corrected chi connectivity index (χ4v) is 3.60. The van der Waals surface area contributed by atoms with Crippen molar-refractivity contribution in [3.63, 3.8) is 0 Å². The molecule has 0 aliphatic rings. The molecule has 0 saturated carbocycles. The van der Waals surface area contributed by atoms with Crippen molar-refractivity contribution in [1.29, 1.82) is 0 Å². The van der Waals surface area contributed by atoms with Gasteiger partial charge in [-0.3, -0.25) is 13.6 Å². The molecule has 1 aromatic rings. The van der Waals surface area contributed by atoms with Crippen molar-refractivity contribution in [2.24, 2.45) is 0 Å². The Kier molecular flexibility index (Phi) is 13.6. The second-order valence-corrected chi connectivity index (χ2v) is 9.23. The topological polar surface area (TPSA) is 97.4 Å². The molecular formula is C24H35O8P. The van der Waals surface area contributed by atoms with Crippen LogP contribution in [0.2, 0.25) is 0 Å². The number of ether oxygens (including phenoxy) is 2. The zero-order chi connectivity index (χ0) is 24.7. The first-order valence-electron chi connectivity index (χ1n) is 10.9. The SMILES string of the molecule is C=C(C)C(=O)OCCCCOP(=O)(OCCCCOC(=O)C(=C)C)OCc1ccccc1C. The summed E-state index contributed by atoms with van der Waals surface area (Å²) in [6.07, 6.45) is 2.07. The first-order chi connectivity index (χ1) is 15.6. The smallest absolute Gasteiger partial charge is 0.462 e. The molecule has 0 saturated heterocycles. The zero-order valence-electron chi connectivity index (χ0n) is 19.8. The molecule has 33 heavy (non-hydrogen) atoms. The summed E-state index contributed by atoms with van der Waals surface area (Å²) in [4.78, 5) is 22.8. The highest BCUT2D eigenvalue weighted by Gasteiger charge is 2.27. The Bertz CT molecular complexity index is 807. The molecule has 0 atom stereocenters. The number of benzene rings is 1. The molecule has 184 valence electrons. The number of unbranched alkanes of at least 4 members (excludes halogenated alkanes) is 2. The number of hydrogen-bond acceptors (Lipinski definition) is 8. The molecule has 8 nitrogen and oxygen atoms in total. The molecule has 0 radical (unpaired) electrons. The van der Waals surface area contributed by atoms with E-state index >= 15 is 0 Å². The van der Waals surface area contributed by atoms with E-state index in [4.69, 9.17) is 23.0 Å². The van der Waals surface area contributed by atoms with Crippen LogP contribution >= 0.6 is 7.82 Å². The number of carbonyl (C=O) groups excluding carboxylic acids is 2. The third-order valence-corrected chi connectivity index (χ3v) is 5.82. The zero-order valence-corrected chi connectivity index (χ0v) is 20.7. The third-order valence-electron chi connectivity index (χ3n) is 4.38. The Morgan fingerprint density at radius 1 is 0.788 bits per heavy atom. The van der Waals surface area contributed by atoms with Crippen LogP contribution in [0.3, 0.4) is 0 Å². The van der Waals surface area contributed by atoms with Crippen molar-refractivity contribution in [3.05, 3.63) is 59.7 Å². The van der Waals surface area contributed by atoms with Gasteiger partial charge in [0, 0.05) is 11.1 Å². The van der Waals surface area contributed by atoms with Gasteiger partial charge in [-0.15, -0.1) is 0 Å². The lowest BCUT2D eigenvalue weighted by atomic mass is 10.1. The molecular weight excluding hydrogens is 447 g/mol. The van der Waals surface area contributed by atoms with E-state index in [-0.39, 0.29) is 33.0 Å². The lowest BCUT2D eigenvalue weighted by molar-refractivity contribution is -0.139. The number of phosphoric ester groups is 1. The van der Waals surface area contributed by atoms with Crippen LogP contribution in [0.25, 0.3) is 0 Å². The van der Waals surface area contributed by atoms with Crippen LogP contribution in [0.1, 0.15) is 50.7 Å². The van der Waals surface area contributed by atoms with Crippen LogP contribution in [0.4, 0.5) is 0 Å². The standard InChI is InChI=1S/C24H35O8P/c1-19(2)23(25)28-14-8-10-16-30-33(27,32-18-22-13-7-6-12-21(22)5)31-17-11-9-15-29-24(26)20(3)4/h6-7,12-13H,1,3,8-11,14-18H2,2,4-5H3. The van der Waals surface area contributed by atoms with Crippen LogP contribution in [0.15, 0.2) is 48.6 Å². The van der Waals surface area contributed by atoms with Gasteiger partial charge in [-0.1, -0.05) is 37.4 Å². The molecule has 1 aromatic carbocycles. The Morgan fingerprint density at radius 2 is 1.24 bits per heavy atom. The van der Waals surface area contributed by atoms with Crippen molar-refractivity contribution in [3.8, 4) is 0 Å². The molecule has 0 fully saturated rings. The number of hydrogen-bond donors (Lipinski definition) is 0. The van der Waals surface area contributed by atoms with Gasteiger partial charge in [0.2, 0.25) is 0 Å². The predicted octanol–water partition coefficient (Wildman–Crippen LogP) is 5.45. The van der Waals surface area contributed by atoms with Crippen LogP contribution < -0.4 is 0 Å². The van der Waals surface area contributed by atoms with E-state index in [1.807, 2.05) is 31.2 Å². The average molecular weight is 483 g/mol. The molecule has 0 heterocycles. The lowest BCUT2D eigenvalue weighted by Gasteiger charge is -2.19. The van der Waals surface area contributed by atoms with E-state index in [1.54, 1.807) is 13.8 Å². The van der Waals surface area contributed by atoms with Gasteiger partial charge in [-0.25, -0.2) is 14.2 Å². The van der Waals surface area contributed by atoms with Gasteiger partial charge in [-0.05, 0) is 57.6 Å². The van der Waals surface area contributed by atoms with E-state index in [0.717, 1.165) is 11.1 Å². The summed E-state index contributed by atoms with van der Waals surface area (Å²) in [6.45, 7) is 12.9. The Morgan fingerprint density at radius 3 is 1.70 bits per heavy atom. The Labute approximate surface area is 196 Å². The molecule has 0 aliphatic carbocycles. The molecule has 0 amide bonds. The van der Waals surface area contributed by atoms with E-state index in [2.05, 4.69) is 13.2 Å². The fraction of sp³-hybridized carbons (Fsp3) is 0.500. The minimum absolute atomic E-state index is 0.0798. The Balaban J connectivity index is 2.48. The van der Waals surface area contributed by atoms with Gasteiger partial charge in [0.15, 0.2) is 0 Å². The maximum atomic E-state index is 13.1. The second-order valence-electron chi connectivity index (χ2n) is 7.56. The number of aryl methyl sites for hydroxylation is 1. The van der Waals surface area contributed by atoms with E-state index in [9.17, 15) is 14.2 Å². The highest BCUT2D eigenvalue weighted by Crippen LogP contribution is 2.50. The second kappa shape index (κ2) is 15.6. The summed E-state index contributed by atoms with van der Waals surface area (Å²) in [5.41, 5.74) is 2.55. The van der Waals surface area contributed by atoms with E-state index in [0.29, 0.717) is 36.8 Å². The van der Waals surface area contributed by atoms with Crippen LogP contribution in [-0.2, 0) is 43.8 Å². The predicted molar refractivity (Wildman–Crippen MR) is 125 cm³/mol. The summed E-state index contributed by atoms with van der Waals surface area (Å²) >= 11 is 0. The van der Waals surface area contributed by atoms with Gasteiger partial charge >= 0.3 is 19.8 Å². The average Bonchev–Trinajstić information content (AvgIpc) is 2.77. The van der Waals surface area contributed by atoms with Crippen molar-refractivity contribution >= 4 is 19.8 Å². The number of esters is 2. The third kappa shape index (κ3) is 12.5. The fourth-order valence-electron chi connectivity index (χ4n) is 2.37. The summed E-state index contributed by atoms with van der Waals surface area (Å²) in [7, 11) is -3.82. The summed E-state index contributed by atoms with van der Waals surface area (Å²) in [5.74, 6) is -0.888. The quantitative estimate of drug-likeness (QED) is 0.125. The van der Waals surface area contributed by atoms with Gasteiger partial charge in [0.25, 0.3) is 0 Å². The maximum absolute atomic E-state index is 13.1. The minimum atomic E-state index is -3.82. The van der Waals surface area contributed by atoms with Gasteiger partial charge in [-0.2, -0.15) is 0 Å². The van der Waals surface area contributed by atoms with Gasteiger partial charge in [0.1, 0.15) is 0 Å². The molecule has 0 bridgehead atoms. The molecule has 0 spiro atoms. The number of carbonyl (C=O) groups is 2. The van der Waals surface area contributed by atoms with Crippen molar-refractivity contribution < 1.29 is 37.2 Å². The van der Waals surface area contributed by atoms with Gasteiger partial charge < -0.3 is 9.47 Å². The van der Waals surface area contributed by atoms with E-state index in [1.165, 1.54) is 0 Å². The van der Waals surface area contributed by atoms with Crippen molar-refractivity contribution in [2.75, 3.05) is 26.4 Å². The molecule has 1 rings (SSSR count). The molecule has 0 unspecified atom stereocenters. The van der Waals surface area contributed by atoms with Crippen LogP contribution in [0, 0.1) is 6.92 Å². The summed E-state index contributed by atoms with van der Waals surface area (Å²) in [5, 5.41) is 0. The maximum Gasteiger partial charge on any atom is 0.475 e. The minimum Gasteiger partial charge on any atom is -0.462 e. The highest BCUT2D eigenvalue weighted by molar-refractivity contribution is 7.48. The molecule has 0 aliphatic heterocycles. The Hall–Kier alpha value is -2.25. The van der Waals surface area contributed by atoms with Crippen molar-refractivity contribution in [1.82, 2.24) is 0 Å². The highest BCUT2D eigenvalue weighted by atomic mass is 31.2. The lowest BCUT2D eigenvalue weighted by Crippen LogP contribution is -2.08.